The minimum absolute atomic E-state index is 0.371. The highest BCUT2D eigenvalue weighted by molar-refractivity contribution is 6.33. The average molecular weight is 333 g/mol. The lowest BCUT2D eigenvalue weighted by atomic mass is 10.0. The molecule has 0 aliphatic heterocycles. The second-order valence-electron chi connectivity index (χ2n) is 5.55. The van der Waals surface area contributed by atoms with Crippen LogP contribution in [0.15, 0.2) is 6.33 Å². The maximum atomic E-state index is 6.26. The van der Waals surface area contributed by atoms with Crippen LogP contribution >= 0.6 is 11.6 Å². The summed E-state index contributed by atoms with van der Waals surface area (Å²) in [6, 6.07) is 0. The Bertz CT molecular complexity index is 819. The lowest BCUT2D eigenvalue weighted by Crippen LogP contribution is -2.08. The zero-order valence-electron chi connectivity index (χ0n) is 13.7. The number of nitrogens with one attached hydrogen (secondary N) is 1. The van der Waals surface area contributed by atoms with Gasteiger partial charge in [0.2, 0.25) is 0 Å². The van der Waals surface area contributed by atoms with E-state index in [9.17, 15) is 0 Å². The van der Waals surface area contributed by atoms with Gasteiger partial charge in [0.1, 0.15) is 5.52 Å². The summed E-state index contributed by atoms with van der Waals surface area (Å²) < 4.78 is 1.85. The standard InChI is InChI=1S/C16H21ClN6/c1-4-7-11-10(6-3)12(8-5-2)23(22-11)16-20-14(17)13-15(21-16)19-9-18-13/h9H,4-8H2,1-3H3,(H,18,19,20,21). The first kappa shape index (κ1) is 15.9. The van der Waals surface area contributed by atoms with E-state index in [4.69, 9.17) is 16.7 Å². The van der Waals surface area contributed by atoms with Crippen molar-refractivity contribution in [3.63, 3.8) is 0 Å². The molecule has 0 saturated heterocycles. The lowest BCUT2D eigenvalue weighted by Gasteiger charge is -2.07. The van der Waals surface area contributed by atoms with E-state index >= 15 is 0 Å². The number of halogens is 1. The Balaban J connectivity index is 2.19. The fourth-order valence-corrected chi connectivity index (χ4v) is 3.14. The number of hydrogen-bond donors (Lipinski definition) is 1. The number of aromatic amines is 1. The van der Waals surface area contributed by atoms with Crippen LogP contribution in [0.3, 0.4) is 0 Å². The summed E-state index contributed by atoms with van der Waals surface area (Å²) in [6.07, 6.45) is 6.55. The number of hydrogen-bond acceptors (Lipinski definition) is 4. The van der Waals surface area contributed by atoms with E-state index in [1.165, 1.54) is 11.3 Å². The fraction of sp³-hybridized carbons (Fsp3) is 0.500. The van der Waals surface area contributed by atoms with Crippen LogP contribution in [0.2, 0.25) is 5.15 Å². The SMILES string of the molecule is CCCc1nn(-c2nc(Cl)c3[nH]cnc3n2)c(CCC)c1CC. The maximum Gasteiger partial charge on any atom is 0.254 e. The summed E-state index contributed by atoms with van der Waals surface area (Å²) in [5.41, 5.74) is 4.86. The van der Waals surface area contributed by atoms with Crippen molar-refractivity contribution in [2.24, 2.45) is 0 Å². The molecular weight excluding hydrogens is 312 g/mol. The van der Waals surface area contributed by atoms with E-state index in [1.54, 1.807) is 6.33 Å². The van der Waals surface area contributed by atoms with Crippen molar-refractivity contribution in [2.75, 3.05) is 0 Å². The van der Waals surface area contributed by atoms with Crippen molar-refractivity contribution in [2.45, 2.75) is 52.9 Å². The molecular formula is C16H21ClN6. The highest BCUT2D eigenvalue weighted by Crippen LogP contribution is 2.23. The minimum atomic E-state index is 0.371. The number of imidazole rings is 1. The molecule has 0 aromatic carbocycles. The van der Waals surface area contributed by atoms with Gasteiger partial charge in [-0.05, 0) is 24.8 Å². The van der Waals surface area contributed by atoms with E-state index in [-0.39, 0.29) is 0 Å². The molecule has 0 unspecified atom stereocenters. The summed E-state index contributed by atoms with van der Waals surface area (Å²) in [4.78, 5) is 16.1. The van der Waals surface area contributed by atoms with E-state index in [0.717, 1.165) is 37.8 Å². The van der Waals surface area contributed by atoms with Crippen LogP contribution in [0, 0.1) is 0 Å². The van der Waals surface area contributed by atoms with Crippen LogP contribution in [0.25, 0.3) is 17.1 Å². The zero-order valence-corrected chi connectivity index (χ0v) is 14.5. The highest BCUT2D eigenvalue weighted by atomic mass is 35.5. The van der Waals surface area contributed by atoms with Gasteiger partial charge in [0.05, 0.1) is 17.7 Å². The number of H-pyrrole nitrogens is 1. The number of fused-ring (bicyclic) bond motifs is 1. The van der Waals surface area contributed by atoms with Gasteiger partial charge in [-0.25, -0.2) is 9.67 Å². The fourth-order valence-electron chi connectivity index (χ4n) is 2.92. The van der Waals surface area contributed by atoms with Crippen LogP contribution in [0.1, 0.15) is 50.6 Å². The second-order valence-corrected chi connectivity index (χ2v) is 5.91. The first-order chi connectivity index (χ1) is 11.2. The Hall–Kier alpha value is -1.95. The van der Waals surface area contributed by atoms with Gasteiger partial charge in [-0.15, -0.1) is 0 Å². The Labute approximate surface area is 140 Å². The predicted octanol–water partition coefficient (Wildman–Crippen LogP) is 3.66. The summed E-state index contributed by atoms with van der Waals surface area (Å²) >= 11 is 6.26. The van der Waals surface area contributed by atoms with Crippen LogP contribution in [0.5, 0.6) is 0 Å². The molecule has 0 aliphatic carbocycles. The molecule has 0 spiro atoms. The summed E-state index contributed by atoms with van der Waals surface area (Å²) in [5.74, 6) is 0.495. The van der Waals surface area contributed by atoms with Crippen LogP contribution in [0.4, 0.5) is 0 Å². The van der Waals surface area contributed by atoms with E-state index < -0.39 is 0 Å². The Morgan fingerprint density at radius 2 is 1.91 bits per heavy atom. The molecule has 1 N–H and O–H groups in total. The molecule has 23 heavy (non-hydrogen) atoms. The van der Waals surface area contributed by atoms with Gasteiger partial charge in [0.15, 0.2) is 10.8 Å². The van der Waals surface area contributed by atoms with Gasteiger partial charge in [-0.2, -0.15) is 15.1 Å². The third kappa shape index (κ3) is 2.83. The zero-order chi connectivity index (χ0) is 16.4. The predicted molar refractivity (Wildman–Crippen MR) is 91.2 cm³/mol. The van der Waals surface area contributed by atoms with Crippen LogP contribution in [-0.4, -0.2) is 29.7 Å². The number of aryl methyl sites for hydroxylation is 1. The smallest absolute Gasteiger partial charge is 0.254 e. The van der Waals surface area contributed by atoms with Crippen molar-refractivity contribution < 1.29 is 0 Å². The molecule has 0 bridgehead atoms. The third-order valence-electron chi connectivity index (χ3n) is 3.92. The molecule has 3 heterocycles. The average Bonchev–Trinajstić information content (AvgIpc) is 3.13. The maximum absolute atomic E-state index is 6.26. The molecule has 3 rings (SSSR count). The van der Waals surface area contributed by atoms with Gasteiger partial charge < -0.3 is 4.98 Å². The normalized spacial score (nSPS) is 11.5. The lowest BCUT2D eigenvalue weighted by molar-refractivity contribution is 0.722. The Kier molecular flexibility index (Phi) is 4.61. The van der Waals surface area contributed by atoms with Crippen LogP contribution in [-0.2, 0) is 19.3 Å². The second kappa shape index (κ2) is 6.66. The molecule has 0 amide bonds. The molecule has 0 radical (unpaired) electrons. The van der Waals surface area contributed by atoms with Crippen molar-refractivity contribution in [3.05, 3.63) is 28.4 Å². The molecule has 0 saturated carbocycles. The van der Waals surface area contributed by atoms with Crippen LogP contribution < -0.4 is 0 Å². The molecule has 0 aliphatic rings. The van der Waals surface area contributed by atoms with Crippen molar-refractivity contribution in [1.82, 2.24) is 29.7 Å². The minimum Gasteiger partial charge on any atom is -0.341 e. The molecule has 3 aromatic heterocycles. The monoisotopic (exact) mass is 332 g/mol. The van der Waals surface area contributed by atoms with Gasteiger partial charge in [0.25, 0.3) is 5.95 Å². The van der Waals surface area contributed by atoms with Crippen molar-refractivity contribution in [1.29, 1.82) is 0 Å². The molecule has 0 atom stereocenters. The number of aromatic nitrogens is 6. The van der Waals surface area contributed by atoms with Gasteiger partial charge in [-0.1, -0.05) is 45.2 Å². The molecule has 6 nitrogen and oxygen atoms in total. The van der Waals surface area contributed by atoms with Crippen molar-refractivity contribution in [3.8, 4) is 5.95 Å². The number of nitrogens with zero attached hydrogens (tertiary/aromatic N) is 5. The molecule has 122 valence electrons. The third-order valence-corrected chi connectivity index (χ3v) is 4.19. The topological polar surface area (TPSA) is 72.3 Å². The first-order valence-electron chi connectivity index (χ1n) is 8.16. The molecule has 0 fully saturated rings. The summed E-state index contributed by atoms with van der Waals surface area (Å²) in [5, 5.41) is 5.16. The quantitative estimate of drug-likeness (QED) is 0.699. The van der Waals surface area contributed by atoms with Gasteiger partial charge >= 0.3 is 0 Å². The van der Waals surface area contributed by atoms with E-state index in [2.05, 4.69) is 40.7 Å². The van der Waals surface area contributed by atoms with Crippen molar-refractivity contribution >= 4 is 22.8 Å². The largest absolute Gasteiger partial charge is 0.341 e. The summed E-state index contributed by atoms with van der Waals surface area (Å²) in [7, 11) is 0. The first-order valence-corrected chi connectivity index (χ1v) is 8.53. The highest BCUT2D eigenvalue weighted by Gasteiger charge is 2.19. The van der Waals surface area contributed by atoms with E-state index in [1.807, 2.05) is 4.68 Å². The van der Waals surface area contributed by atoms with Gasteiger partial charge in [0, 0.05) is 0 Å². The summed E-state index contributed by atoms with van der Waals surface area (Å²) in [6.45, 7) is 6.51. The molecule has 7 heteroatoms. The Morgan fingerprint density at radius 3 is 2.61 bits per heavy atom. The van der Waals surface area contributed by atoms with Gasteiger partial charge in [-0.3, -0.25) is 0 Å². The Morgan fingerprint density at radius 1 is 1.13 bits per heavy atom. The van der Waals surface area contributed by atoms with E-state index in [0.29, 0.717) is 22.3 Å². The number of rotatable bonds is 6. The molecule has 3 aromatic rings.